The monoisotopic (exact) mass is 551 g/mol. The first-order chi connectivity index (χ1) is 19.4. The van der Waals surface area contributed by atoms with Gasteiger partial charge >= 0.3 is 0 Å². The second-order valence-electron chi connectivity index (χ2n) is 8.83. The van der Waals surface area contributed by atoms with Gasteiger partial charge in [-0.25, -0.2) is 0 Å². The van der Waals surface area contributed by atoms with E-state index in [1.54, 1.807) is 73.8 Å². The minimum absolute atomic E-state index is 0.117. The van der Waals surface area contributed by atoms with Crippen LogP contribution in [0.2, 0.25) is 0 Å². The third kappa shape index (κ3) is 8.34. The van der Waals surface area contributed by atoms with Gasteiger partial charge in [0.25, 0.3) is 11.8 Å². The topological polar surface area (TPSA) is 96.5 Å². The van der Waals surface area contributed by atoms with Crippen LogP contribution < -0.4 is 20.7 Å². The van der Waals surface area contributed by atoms with Gasteiger partial charge in [0.1, 0.15) is 11.4 Å². The van der Waals surface area contributed by atoms with Gasteiger partial charge in [0.05, 0.1) is 12.9 Å². The Balaban J connectivity index is 1.38. The van der Waals surface area contributed by atoms with Gasteiger partial charge in [0.2, 0.25) is 5.91 Å². The molecule has 0 aliphatic heterocycles. The van der Waals surface area contributed by atoms with Crippen molar-refractivity contribution in [1.29, 1.82) is 0 Å². The van der Waals surface area contributed by atoms with E-state index in [4.69, 9.17) is 4.74 Å². The summed E-state index contributed by atoms with van der Waals surface area (Å²) in [5.74, 6) is -0.0199. The van der Waals surface area contributed by atoms with Crippen molar-refractivity contribution in [3.8, 4) is 5.75 Å². The third-order valence-electron chi connectivity index (χ3n) is 5.77. The SMILES string of the molecule is COc1ccc(NC(=O)CSc2ccc(NC(=O)/C(=C/c3ccc(C)cc3)NC(=O)c3ccccc3)cc2)cc1. The first-order valence-corrected chi connectivity index (χ1v) is 13.5. The van der Waals surface area contributed by atoms with E-state index in [-0.39, 0.29) is 23.3 Å². The summed E-state index contributed by atoms with van der Waals surface area (Å²) < 4.78 is 5.13. The lowest BCUT2D eigenvalue weighted by Gasteiger charge is -2.12. The smallest absolute Gasteiger partial charge is 0.272 e. The highest BCUT2D eigenvalue weighted by Gasteiger charge is 2.15. The molecule has 4 rings (SSSR count). The van der Waals surface area contributed by atoms with Gasteiger partial charge in [0, 0.05) is 21.8 Å². The average molecular weight is 552 g/mol. The number of amides is 3. The van der Waals surface area contributed by atoms with Crippen LogP contribution in [0.15, 0.2) is 114 Å². The van der Waals surface area contributed by atoms with Crippen molar-refractivity contribution in [2.75, 3.05) is 23.5 Å². The van der Waals surface area contributed by atoms with Crippen molar-refractivity contribution in [2.45, 2.75) is 11.8 Å². The van der Waals surface area contributed by atoms with E-state index in [0.717, 1.165) is 21.8 Å². The van der Waals surface area contributed by atoms with Crippen LogP contribution in [0.1, 0.15) is 21.5 Å². The highest BCUT2D eigenvalue weighted by molar-refractivity contribution is 8.00. The summed E-state index contributed by atoms with van der Waals surface area (Å²) in [6.45, 7) is 1.98. The van der Waals surface area contributed by atoms with Gasteiger partial charge in [-0.1, -0.05) is 48.0 Å². The molecule has 3 N–H and O–H groups in total. The highest BCUT2D eigenvalue weighted by atomic mass is 32.2. The molecule has 4 aromatic carbocycles. The number of anilines is 2. The lowest BCUT2D eigenvalue weighted by molar-refractivity contribution is -0.114. The Morgan fingerprint density at radius 3 is 2.05 bits per heavy atom. The lowest BCUT2D eigenvalue weighted by Crippen LogP contribution is -2.30. The molecule has 40 heavy (non-hydrogen) atoms. The number of hydrogen-bond donors (Lipinski definition) is 3. The number of thioether (sulfide) groups is 1. The van der Waals surface area contributed by atoms with Gasteiger partial charge in [0.15, 0.2) is 0 Å². The van der Waals surface area contributed by atoms with Crippen molar-refractivity contribution in [1.82, 2.24) is 5.32 Å². The predicted molar refractivity (Wildman–Crippen MR) is 160 cm³/mol. The number of methoxy groups -OCH3 is 1. The van der Waals surface area contributed by atoms with Crippen molar-refractivity contribution in [3.63, 3.8) is 0 Å². The molecule has 0 aliphatic carbocycles. The highest BCUT2D eigenvalue weighted by Crippen LogP contribution is 2.22. The van der Waals surface area contributed by atoms with Crippen LogP contribution in [-0.2, 0) is 9.59 Å². The van der Waals surface area contributed by atoms with E-state index < -0.39 is 5.91 Å². The molecule has 0 atom stereocenters. The largest absolute Gasteiger partial charge is 0.497 e. The molecule has 0 aromatic heterocycles. The maximum atomic E-state index is 13.2. The van der Waals surface area contributed by atoms with Crippen molar-refractivity contribution in [3.05, 3.63) is 126 Å². The van der Waals surface area contributed by atoms with Crippen molar-refractivity contribution in [2.24, 2.45) is 0 Å². The maximum absolute atomic E-state index is 13.2. The Kier molecular flexibility index (Phi) is 9.74. The van der Waals surface area contributed by atoms with E-state index >= 15 is 0 Å². The second-order valence-corrected chi connectivity index (χ2v) is 9.88. The molecule has 0 unspecified atom stereocenters. The molecule has 0 aliphatic rings. The molecule has 3 amide bonds. The molecule has 0 radical (unpaired) electrons. The zero-order valence-corrected chi connectivity index (χ0v) is 23.0. The summed E-state index contributed by atoms with van der Waals surface area (Å²) in [5, 5.41) is 8.44. The zero-order valence-electron chi connectivity index (χ0n) is 22.1. The number of benzene rings is 4. The van der Waals surface area contributed by atoms with E-state index in [1.165, 1.54) is 11.8 Å². The van der Waals surface area contributed by atoms with Crippen LogP contribution in [0.4, 0.5) is 11.4 Å². The number of nitrogens with one attached hydrogen (secondary N) is 3. The first kappa shape index (κ1) is 28.2. The molecular weight excluding hydrogens is 522 g/mol. The molecule has 0 bridgehead atoms. The van der Waals surface area contributed by atoms with Crippen LogP contribution in [0.3, 0.4) is 0 Å². The summed E-state index contributed by atoms with van der Waals surface area (Å²) in [6.07, 6.45) is 1.64. The molecule has 0 spiro atoms. The second kappa shape index (κ2) is 13.8. The van der Waals surface area contributed by atoms with Crippen molar-refractivity contribution >= 4 is 46.9 Å². The van der Waals surface area contributed by atoms with Crippen LogP contribution in [0.25, 0.3) is 6.08 Å². The Morgan fingerprint density at radius 1 is 0.775 bits per heavy atom. The molecule has 0 heterocycles. The van der Waals surface area contributed by atoms with Gasteiger partial charge in [-0.15, -0.1) is 11.8 Å². The van der Waals surface area contributed by atoms with Gasteiger partial charge in [-0.3, -0.25) is 14.4 Å². The molecule has 4 aromatic rings. The average Bonchev–Trinajstić information content (AvgIpc) is 2.98. The molecule has 0 saturated heterocycles. The summed E-state index contributed by atoms with van der Waals surface area (Å²) in [7, 11) is 1.59. The summed E-state index contributed by atoms with van der Waals surface area (Å²) in [4.78, 5) is 39.2. The molecule has 7 nitrogen and oxygen atoms in total. The van der Waals surface area contributed by atoms with E-state index in [0.29, 0.717) is 16.9 Å². The van der Waals surface area contributed by atoms with Crippen LogP contribution in [-0.4, -0.2) is 30.6 Å². The number of carbonyl (C=O) groups excluding carboxylic acids is 3. The van der Waals surface area contributed by atoms with Crippen molar-refractivity contribution < 1.29 is 19.1 Å². The number of rotatable bonds is 10. The molecule has 202 valence electrons. The number of aryl methyl sites for hydroxylation is 1. The molecule has 8 heteroatoms. The van der Waals surface area contributed by atoms with Crippen LogP contribution in [0.5, 0.6) is 5.75 Å². The quantitative estimate of drug-likeness (QED) is 0.162. The molecular formula is C32H29N3O4S. The predicted octanol–water partition coefficient (Wildman–Crippen LogP) is 6.14. The van der Waals surface area contributed by atoms with Crippen LogP contribution >= 0.6 is 11.8 Å². The maximum Gasteiger partial charge on any atom is 0.272 e. The summed E-state index contributed by atoms with van der Waals surface area (Å²) in [5.41, 5.74) is 3.68. The zero-order chi connectivity index (χ0) is 28.3. The van der Waals surface area contributed by atoms with E-state index in [2.05, 4.69) is 16.0 Å². The third-order valence-corrected chi connectivity index (χ3v) is 6.79. The van der Waals surface area contributed by atoms with Gasteiger partial charge < -0.3 is 20.7 Å². The molecule has 0 saturated carbocycles. The standard InChI is InChI=1S/C32H29N3O4S/c1-22-8-10-23(11-9-22)20-29(35-31(37)24-6-4-3-5-7-24)32(38)34-26-14-18-28(19-15-26)40-21-30(36)33-25-12-16-27(39-2)17-13-25/h3-20H,21H2,1-2H3,(H,33,36)(H,34,38)(H,35,37)/b29-20-. The molecule has 0 fully saturated rings. The van der Waals surface area contributed by atoms with Gasteiger partial charge in [-0.2, -0.15) is 0 Å². The Bertz CT molecular complexity index is 1480. The Morgan fingerprint density at radius 2 is 1.40 bits per heavy atom. The minimum Gasteiger partial charge on any atom is -0.497 e. The first-order valence-electron chi connectivity index (χ1n) is 12.5. The number of ether oxygens (including phenoxy) is 1. The number of carbonyl (C=O) groups is 3. The van der Waals surface area contributed by atoms with E-state index in [9.17, 15) is 14.4 Å². The summed E-state index contributed by atoms with van der Waals surface area (Å²) in [6, 6.07) is 30.6. The number of hydrogen-bond acceptors (Lipinski definition) is 5. The fourth-order valence-corrected chi connectivity index (χ4v) is 4.32. The Labute approximate surface area is 237 Å². The normalized spacial score (nSPS) is 10.9. The fraction of sp³-hybridized carbons (Fsp3) is 0.0938. The lowest BCUT2D eigenvalue weighted by atomic mass is 10.1. The van der Waals surface area contributed by atoms with Crippen LogP contribution in [0, 0.1) is 6.92 Å². The summed E-state index contributed by atoms with van der Waals surface area (Å²) >= 11 is 1.38. The fourth-order valence-electron chi connectivity index (χ4n) is 3.62. The Hall–Kier alpha value is -4.82. The van der Waals surface area contributed by atoms with E-state index in [1.807, 2.05) is 49.4 Å². The minimum atomic E-state index is -0.455. The van der Waals surface area contributed by atoms with Gasteiger partial charge in [-0.05, 0) is 79.2 Å².